The third-order valence-electron chi connectivity index (χ3n) is 2.64. The molecule has 0 saturated carbocycles. The first-order valence-electron chi connectivity index (χ1n) is 6.20. The molecule has 0 aliphatic carbocycles. The minimum absolute atomic E-state index is 0.176. The predicted molar refractivity (Wildman–Crippen MR) is 67.4 cm³/mol. The van der Waals surface area contributed by atoms with Gasteiger partial charge in [0.2, 0.25) is 0 Å². The fraction of sp³-hybridized carbons (Fsp3) is 0.692. The van der Waals surface area contributed by atoms with Crippen molar-refractivity contribution < 1.29 is 19.4 Å². The summed E-state index contributed by atoms with van der Waals surface area (Å²) in [6.45, 7) is 6.06. The fourth-order valence-electron chi connectivity index (χ4n) is 1.90. The van der Waals surface area contributed by atoms with Crippen LogP contribution in [-0.2, 0) is 9.53 Å². The Hall–Kier alpha value is -1.52. The molecule has 1 fully saturated rings. The van der Waals surface area contributed by atoms with Gasteiger partial charge >= 0.3 is 12.1 Å². The number of hydrogen-bond donors (Lipinski definition) is 1. The van der Waals surface area contributed by atoms with Gasteiger partial charge < -0.3 is 14.7 Å². The third kappa shape index (κ3) is 4.77. The number of amides is 1. The van der Waals surface area contributed by atoms with E-state index in [9.17, 15) is 9.59 Å². The quantitative estimate of drug-likeness (QED) is 0.769. The van der Waals surface area contributed by atoms with Gasteiger partial charge in [-0.2, -0.15) is 0 Å². The van der Waals surface area contributed by atoms with Crippen molar-refractivity contribution in [2.45, 2.75) is 51.7 Å². The molecule has 1 amide bonds. The highest BCUT2D eigenvalue weighted by atomic mass is 16.6. The van der Waals surface area contributed by atoms with Crippen molar-refractivity contribution >= 4 is 12.1 Å². The summed E-state index contributed by atoms with van der Waals surface area (Å²) in [7, 11) is 0. The number of aliphatic carboxylic acids is 1. The maximum atomic E-state index is 12.0. The fourth-order valence-corrected chi connectivity index (χ4v) is 1.90. The van der Waals surface area contributed by atoms with Crippen molar-refractivity contribution in [3.05, 3.63) is 12.2 Å². The summed E-state index contributed by atoms with van der Waals surface area (Å²) in [5.41, 5.74) is -0.532. The maximum Gasteiger partial charge on any atom is 0.410 e. The van der Waals surface area contributed by atoms with Crippen molar-refractivity contribution in [3.8, 4) is 0 Å². The molecular weight excluding hydrogens is 234 g/mol. The number of carboxylic acid groups (broad SMARTS) is 1. The first-order valence-corrected chi connectivity index (χ1v) is 6.20. The van der Waals surface area contributed by atoms with Crippen LogP contribution in [0.15, 0.2) is 12.2 Å². The van der Waals surface area contributed by atoms with Gasteiger partial charge in [0, 0.05) is 12.6 Å². The van der Waals surface area contributed by atoms with E-state index in [2.05, 4.69) is 0 Å². The molecule has 0 aromatic rings. The van der Waals surface area contributed by atoms with Crippen molar-refractivity contribution in [2.75, 3.05) is 6.54 Å². The molecular formula is C13H21NO4. The number of carbonyl (C=O) groups is 2. The number of carbonyl (C=O) groups excluding carboxylic acids is 1. The van der Waals surface area contributed by atoms with Gasteiger partial charge in [-0.25, -0.2) is 9.59 Å². The summed E-state index contributed by atoms with van der Waals surface area (Å²) in [5, 5.41) is 8.63. The van der Waals surface area contributed by atoms with Crippen LogP contribution >= 0.6 is 0 Å². The molecule has 0 spiro atoms. The lowest BCUT2D eigenvalue weighted by Crippen LogP contribution is -2.45. The Labute approximate surface area is 107 Å². The Bertz CT molecular complexity index is 343. The van der Waals surface area contributed by atoms with Crippen molar-refractivity contribution in [1.82, 2.24) is 4.90 Å². The van der Waals surface area contributed by atoms with Crippen LogP contribution in [0.2, 0.25) is 0 Å². The van der Waals surface area contributed by atoms with Crippen LogP contribution in [0.4, 0.5) is 4.79 Å². The minimum Gasteiger partial charge on any atom is -0.478 e. The summed E-state index contributed by atoms with van der Waals surface area (Å²) >= 11 is 0. The second kappa shape index (κ2) is 5.89. The Balaban J connectivity index is 2.70. The standard InChI is InChI=1S/C13H21NO4/c1-13(2,3)18-12(17)14-9-5-4-6-10(14)7-8-11(15)16/h7-8,10H,4-6,9H2,1-3H3,(H,15,16). The van der Waals surface area contributed by atoms with Gasteiger partial charge in [0.1, 0.15) is 5.60 Å². The summed E-state index contributed by atoms with van der Waals surface area (Å²) in [6.07, 6.45) is 4.98. The first-order chi connectivity index (χ1) is 8.29. The van der Waals surface area contributed by atoms with E-state index < -0.39 is 11.6 Å². The van der Waals surface area contributed by atoms with E-state index in [0.717, 1.165) is 25.3 Å². The zero-order chi connectivity index (χ0) is 13.8. The van der Waals surface area contributed by atoms with Crippen molar-refractivity contribution in [3.63, 3.8) is 0 Å². The normalized spacial score (nSPS) is 21.1. The molecule has 0 aromatic carbocycles. The molecule has 5 heteroatoms. The van der Waals surface area contributed by atoms with Gasteiger partial charge in [-0.05, 0) is 40.0 Å². The Morgan fingerprint density at radius 1 is 1.33 bits per heavy atom. The van der Waals surface area contributed by atoms with E-state index >= 15 is 0 Å². The van der Waals surface area contributed by atoms with Crippen LogP contribution in [0.25, 0.3) is 0 Å². The number of piperidine rings is 1. The monoisotopic (exact) mass is 255 g/mol. The van der Waals surface area contributed by atoms with Gasteiger partial charge in [0.15, 0.2) is 0 Å². The molecule has 102 valence electrons. The van der Waals surface area contributed by atoms with E-state index in [4.69, 9.17) is 9.84 Å². The molecule has 1 aliphatic heterocycles. The molecule has 1 unspecified atom stereocenters. The molecule has 1 aliphatic rings. The molecule has 1 rings (SSSR count). The van der Waals surface area contributed by atoms with Gasteiger partial charge in [-0.3, -0.25) is 0 Å². The summed E-state index contributed by atoms with van der Waals surface area (Å²) in [4.78, 5) is 24.1. The zero-order valence-electron chi connectivity index (χ0n) is 11.2. The smallest absolute Gasteiger partial charge is 0.410 e. The molecule has 1 saturated heterocycles. The molecule has 1 atom stereocenters. The molecule has 18 heavy (non-hydrogen) atoms. The maximum absolute atomic E-state index is 12.0. The van der Waals surface area contributed by atoms with Crippen LogP contribution in [0.3, 0.4) is 0 Å². The number of rotatable bonds is 2. The van der Waals surface area contributed by atoms with Gasteiger partial charge in [0.05, 0.1) is 6.04 Å². The first kappa shape index (κ1) is 14.5. The molecule has 0 bridgehead atoms. The van der Waals surface area contributed by atoms with Crippen molar-refractivity contribution in [2.24, 2.45) is 0 Å². The highest BCUT2D eigenvalue weighted by molar-refractivity contribution is 5.80. The average molecular weight is 255 g/mol. The summed E-state index contributed by atoms with van der Waals surface area (Å²) < 4.78 is 5.32. The van der Waals surface area contributed by atoms with Crippen LogP contribution in [0.5, 0.6) is 0 Å². The minimum atomic E-state index is -0.996. The molecule has 5 nitrogen and oxygen atoms in total. The molecule has 0 aromatic heterocycles. The molecule has 0 radical (unpaired) electrons. The number of likely N-dealkylation sites (tertiary alicyclic amines) is 1. The largest absolute Gasteiger partial charge is 0.478 e. The average Bonchev–Trinajstić information content (AvgIpc) is 2.24. The van der Waals surface area contributed by atoms with E-state index in [-0.39, 0.29) is 12.1 Å². The predicted octanol–water partition coefficient (Wildman–Crippen LogP) is 2.42. The van der Waals surface area contributed by atoms with Crippen LogP contribution in [-0.4, -0.2) is 40.3 Å². The van der Waals surface area contributed by atoms with Crippen LogP contribution < -0.4 is 0 Å². The Morgan fingerprint density at radius 3 is 2.56 bits per heavy atom. The zero-order valence-corrected chi connectivity index (χ0v) is 11.2. The van der Waals surface area contributed by atoms with Crippen molar-refractivity contribution in [1.29, 1.82) is 0 Å². The lowest BCUT2D eigenvalue weighted by Gasteiger charge is -2.35. The molecule has 1 heterocycles. The van der Waals surface area contributed by atoms with Crippen LogP contribution in [0.1, 0.15) is 40.0 Å². The number of ether oxygens (including phenoxy) is 1. The Morgan fingerprint density at radius 2 is 2.00 bits per heavy atom. The third-order valence-corrected chi connectivity index (χ3v) is 2.64. The SMILES string of the molecule is CC(C)(C)OC(=O)N1CCCCC1C=CC(=O)O. The highest BCUT2D eigenvalue weighted by Crippen LogP contribution is 2.21. The molecule has 1 N–H and O–H groups in total. The second-order valence-electron chi connectivity index (χ2n) is 5.43. The van der Waals surface area contributed by atoms with E-state index in [0.29, 0.717) is 6.54 Å². The number of hydrogen-bond acceptors (Lipinski definition) is 3. The lowest BCUT2D eigenvalue weighted by atomic mass is 10.0. The summed E-state index contributed by atoms with van der Waals surface area (Å²) in [5.74, 6) is -0.996. The van der Waals surface area contributed by atoms with Gasteiger partial charge in [-0.1, -0.05) is 6.08 Å². The summed E-state index contributed by atoms with van der Waals surface area (Å²) in [6, 6.07) is -0.176. The van der Waals surface area contributed by atoms with E-state index in [1.54, 1.807) is 11.0 Å². The van der Waals surface area contributed by atoms with Gasteiger partial charge in [0.25, 0.3) is 0 Å². The van der Waals surface area contributed by atoms with E-state index in [1.165, 1.54) is 0 Å². The topological polar surface area (TPSA) is 66.8 Å². The van der Waals surface area contributed by atoms with Gasteiger partial charge in [-0.15, -0.1) is 0 Å². The van der Waals surface area contributed by atoms with E-state index in [1.807, 2.05) is 20.8 Å². The van der Waals surface area contributed by atoms with Crippen LogP contribution in [0, 0.1) is 0 Å². The Kier molecular flexibility index (Phi) is 4.76. The second-order valence-corrected chi connectivity index (χ2v) is 5.43. The highest BCUT2D eigenvalue weighted by Gasteiger charge is 2.28. The number of carboxylic acids is 1. The lowest BCUT2D eigenvalue weighted by molar-refractivity contribution is -0.131. The number of nitrogens with zero attached hydrogens (tertiary/aromatic N) is 1.